The first-order valence-corrected chi connectivity index (χ1v) is 13.6. The number of nitrogens with zero attached hydrogens (tertiary/aromatic N) is 1. The maximum atomic E-state index is 13.4. The Morgan fingerprint density at radius 3 is 2.39 bits per heavy atom. The van der Waals surface area contributed by atoms with E-state index < -0.39 is 16.1 Å². The molecule has 0 radical (unpaired) electrons. The fourth-order valence-corrected chi connectivity index (χ4v) is 5.50. The Kier molecular flexibility index (Phi) is 8.37. The van der Waals surface area contributed by atoms with Gasteiger partial charge in [0.15, 0.2) is 0 Å². The lowest BCUT2D eigenvalue weighted by Gasteiger charge is -2.16. The van der Waals surface area contributed by atoms with Gasteiger partial charge in [0.2, 0.25) is 0 Å². The molecule has 10 nitrogen and oxygen atoms in total. The van der Waals surface area contributed by atoms with Crippen LogP contribution in [0.1, 0.15) is 23.2 Å². The van der Waals surface area contributed by atoms with Crippen LogP contribution in [0.2, 0.25) is 0 Å². The van der Waals surface area contributed by atoms with Gasteiger partial charge in [-0.15, -0.1) is 0 Å². The summed E-state index contributed by atoms with van der Waals surface area (Å²) in [6.45, 7) is 1.86. The summed E-state index contributed by atoms with van der Waals surface area (Å²) >= 11 is 0. The maximum Gasteiger partial charge on any atom is 0.404 e. The number of amides is 2. The first-order chi connectivity index (χ1) is 18.3. The van der Waals surface area contributed by atoms with E-state index in [9.17, 15) is 18.0 Å². The highest BCUT2D eigenvalue weighted by Crippen LogP contribution is 2.32. The molecule has 2 amide bonds. The van der Waals surface area contributed by atoms with Crippen LogP contribution in [0.3, 0.4) is 0 Å². The monoisotopic (exact) mass is 538 g/mol. The van der Waals surface area contributed by atoms with Crippen molar-refractivity contribution in [1.82, 2.24) is 4.90 Å². The summed E-state index contributed by atoms with van der Waals surface area (Å²) in [7, 11) is -2.64. The molecular formula is C27H30N4O6S. The Balaban J connectivity index is 1.56. The molecule has 0 unspecified atom stereocenters. The minimum atomic E-state index is -4.04. The van der Waals surface area contributed by atoms with E-state index in [0.717, 1.165) is 31.5 Å². The third kappa shape index (κ3) is 6.54. The molecule has 38 heavy (non-hydrogen) atoms. The number of primary amides is 1. The number of likely N-dealkylation sites (tertiary alicyclic amines) is 1. The number of methoxy groups -OCH3 is 1. The maximum absolute atomic E-state index is 13.4. The van der Waals surface area contributed by atoms with E-state index in [1.807, 2.05) is 11.0 Å². The highest BCUT2D eigenvalue weighted by atomic mass is 32.2. The van der Waals surface area contributed by atoms with Gasteiger partial charge in [-0.2, -0.15) is 0 Å². The molecule has 1 fully saturated rings. The second kappa shape index (κ2) is 11.9. The molecule has 200 valence electrons. The van der Waals surface area contributed by atoms with Gasteiger partial charge in [0.25, 0.3) is 15.9 Å². The van der Waals surface area contributed by atoms with Gasteiger partial charge in [-0.25, -0.2) is 13.2 Å². The molecule has 3 aromatic rings. The van der Waals surface area contributed by atoms with Gasteiger partial charge >= 0.3 is 6.09 Å². The van der Waals surface area contributed by atoms with Crippen molar-refractivity contribution in [2.45, 2.75) is 17.7 Å². The average molecular weight is 539 g/mol. The number of hydrogen-bond donors (Lipinski definition) is 3. The Labute approximate surface area is 221 Å². The van der Waals surface area contributed by atoms with Crippen molar-refractivity contribution in [3.8, 4) is 16.9 Å². The van der Waals surface area contributed by atoms with Crippen molar-refractivity contribution in [2.75, 3.05) is 43.4 Å². The number of hydrogen-bond acceptors (Lipinski definition) is 7. The first-order valence-electron chi connectivity index (χ1n) is 12.1. The van der Waals surface area contributed by atoms with Crippen molar-refractivity contribution >= 4 is 33.4 Å². The average Bonchev–Trinajstić information content (AvgIpc) is 3.45. The number of anilines is 2. The number of benzene rings is 3. The molecule has 0 atom stereocenters. The number of sulfonamides is 1. The van der Waals surface area contributed by atoms with E-state index in [1.165, 1.54) is 13.2 Å². The van der Waals surface area contributed by atoms with Crippen molar-refractivity contribution in [3.63, 3.8) is 0 Å². The van der Waals surface area contributed by atoms with Crippen LogP contribution in [-0.4, -0.2) is 58.7 Å². The van der Waals surface area contributed by atoms with Gasteiger partial charge in [0.05, 0.1) is 12.8 Å². The molecule has 1 aliphatic heterocycles. The highest BCUT2D eigenvalue weighted by molar-refractivity contribution is 7.92. The van der Waals surface area contributed by atoms with Crippen LogP contribution in [0.25, 0.3) is 11.1 Å². The van der Waals surface area contributed by atoms with Crippen LogP contribution in [0.5, 0.6) is 5.75 Å². The predicted octanol–water partition coefficient (Wildman–Crippen LogP) is 3.91. The zero-order valence-electron chi connectivity index (χ0n) is 21.0. The van der Waals surface area contributed by atoms with Crippen LogP contribution in [0, 0.1) is 0 Å². The topological polar surface area (TPSA) is 140 Å². The second-order valence-corrected chi connectivity index (χ2v) is 10.4. The predicted molar refractivity (Wildman–Crippen MR) is 145 cm³/mol. The molecular weight excluding hydrogens is 508 g/mol. The Morgan fingerprint density at radius 1 is 0.947 bits per heavy atom. The number of nitrogens with one attached hydrogen (secondary N) is 2. The van der Waals surface area contributed by atoms with Crippen LogP contribution < -0.4 is 20.5 Å². The van der Waals surface area contributed by atoms with Crippen molar-refractivity contribution < 1.29 is 27.5 Å². The molecule has 0 spiro atoms. The summed E-state index contributed by atoms with van der Waals surface area (Å²) in [6.07, 6.45) is 1.14. The number of nitrogens with two attached hydrogens (primary N) is 1. The lowest BCUT2D eigenvalue weighted by molar-refractivity contribution is 0.0792. The number of carbonyl (C=O) groups excluding carboxylic acids is 2. The molecule has 4 rings (SSSR count). The molecule has 0 bridgehead atoms. The van der Waals surface area contributed by atoms with E-state index in [0.29, 0.717) is 29.0 Å². The SMILES string of the molecule is COc1ccc(-c2cccc(C(=O)N3CCCC3)c2)cc1S(=O)(=O)Nc1cccc(NCCOC(N)=O)c1. The summed E-state index contributed by atoms with van der Waals surface area (Å²) in [5.41, 5.74) is 7.81. The first kappa shape index (κ1) is 26.8. The van der Waals surface area contributed by atoms with Crippen molar-refractivity contribution in [1.29, 1.82) is 0 Å². The van der Waals surface area contributed by atoms with Crippen LogP contribution >= 0.6 is 0 Å². The minimum absolute atomic E-state index is 0.0259. The van der Waals surface area contributed by atoms with E-state index in [2.05, 4.69) is 14.8 Å². The zero-order chi connectivity index (χ0) is 27.1. The van der Waals surface area contributed by atoms with Crippen molar-refractivity contribution in [2.24, 2.45) is 5.73 Å². The molecule has 4 N–H and O–H groups in total. The van der Waals surface area contributed by atoms with Gasteiger partial charge in [-0.05, 0) is 66.4 Å². The Morgan fingerprint density at radius 2 is 1.66 bits per heavy atom. The Bertz CT molecular complexity index is 1420. The van der Waals surface area contributed by atoms with Gasteiger partial charge < -0.3 is 25.4 Å². The molecule has 3 aromatic carbocycles. The smallest absolute Gasteiger partial charge is 0.404 e. The van der Waals surface area contributed by atoms with Gasteiger partial charge in [0, 0.05) is 30.9 Å². The third-order valence-corrected chi connectivity index (χ3v) is 7.48. The highest BCUT2D eigenvalue weighted by Gasteiger charge is 2.22. The summed E-state index contributed by atoms with van der Waals surface area (Å²) in [4.78, 5) is 25.4. The lowest BCUT2D eigenvalue weighted by Crippen LogP contribution is -2.27. The molecule has 0 aliphatic carbocycles. The number of carbonyl (C=O) groups is 2. The standard InChI is InChI=1S/C27H30N4O6S/c1-36-24-11-10-20(19-6-4-7-21(16-19)26(32)31-13-2-3-14-31)17-25(24)38(34,35)30-23-9-5-8-22(18-23)29-12-15-37-27(28)33/h4-11,16-18,29-30H,2-3,12-15H2,1H3,(H2,28,33). The fourth-order valence-electron chi connectivity index (χ4n) is 4.25. The van der Waals surface area contributed by atoms with Gasteiger partial charge in [-0.1, -0.05) is 24.3 Å². The van der Waals surface area contributed by atoms with Gasteiger partial charge in [-0.3, -0.25) is 9.52 Å². The van der Waals surface area contributed by atoms with E-state index in [4.69, 9.17) is 10.5 Å². The third-order valence-electron chi connectivity index (χ3n) is 6.08. The van der Waals surface area contributed by atoms with Gasteiger partial charge in [0.1, 0.15) is 17.3 Å². The molecule has 1 saturated heterocycles. The number of rotatable bonds is 10. The van der Waals surface area contributed by atoms with Crippen LogP contribution in [-0.2, 0) is 14.8 Å². The summed E-state index contributed by atoms with van der Waals surface area (Å²) in [5, 5.41) is 3.03. The fraction of sp³-hybridized carbons (Fsp3) is 0.259. The summed E-state index contributed by atoms with van der Waals surface area (Å²) in [6, 6.07) is 18.7. The normalized spacial score (nSPS) is 13.1. The molecule has 1 aliphatic rings. The van der Waals surface area contributed by atoms with Crippen LogP contribution in [0.4, 0.5) is 16.2 Å². The second-order valence-electron chi connectivity index (χ2n) is 8.73. The summed E-state index contributed by atoms with van der Waals surface area (Å²) in [5.74, 6) is 0.158. The molecule has 1 heterocycles. The van der Waals surface area contributed by atoms with Crippen LogP contribution in [0.15, 0.2) is 71.6 Å². The zero-order valence-corrected chi connectivity index (χ0v) is 21.8. The quantitative estimate of drug-likeness (QED) is 0.333. The van der Waals surface area contributed by atoms with E-state index in [-0.39, 0.29) is 23.2 Å². The minimum Gasteiger partial charge on any atom is -0.495 e. The summed E-state index contributed by atoms with van der Waals surface area (Å²) < 4.78 is 39.5. The van der Waals surface area contributed by atoms with Crippen molar-refractivity contribution in [3.05, 3.63) is 72.3 Å². The number of ether oxygens (including phenoxy) is 2. The van der Waals surface area contributed by atoms with E-state index in [1.54, 1.807) is 54.6 Å². The molecule has 0 aromatic heterocycles. The molecule has 0 saturated carbocycles. The lowest BCUT2D eigenvalue weighted by atomic mass is 10.0. The Hall–Kier alpha value is -4.25. The van der Waals surface area contributed by atoms with E-state index >= 15 is 0 Å². The largest absolute Gasteiger partial charge is 0.495 e. The molecule has 11 heteroatoms.